The zero-order valence-corrected chi connectivity index (χ0v) is 19.1. The summed E-state index contributed by atoms with van der Waals surface area (Å²) in [6, 6.07) is 15.1. The van der Waals surface area contributed by atoms with Gasteiger partial charge in [-0.3, -0.25) is 0 Å². The third-order valence-electron chi connectivity index (χ3n) is 5.51. The highest BCUT2D eigenvalue weighted by atomic mass is 19.1. The summed E-state index contributed by atoms with van der Waals surface area (Å²) in [5, 5.41) is 0. The van der Waals surface area contributed by atoms with Crippen LogP contribution in [0.1, 0.15) is 50.8 Å². The topological polar surface area (TPSA) is 59.1 Å². The molecule has 32 heavy (non-hydrogen) atoms. The summed E-state index contributed by atoms with van der Waals surface area (Å²) < 4.78 is 25.7. The Morgan fingerprint density at radius 2 is 1.75 bits per heavy atom. The molecule has 6 nitrogen and oxygen atoms in total. The summed E-state index contributed by atoms with van der Waals surface area (Å²) in [7, 11) is 1.68. The lowest BCUT2D eigenvalue weighted by molar-refractivity contribution is 0.00720. The fourth-order valence-electron chi connectivity index (χ4n) is 3.84. The SMILES string of the molecule is CN(C(=O)OC(C)(C)C)C1CCN(C(=O)OCc2ccccc2)[C@@H](c2ccccc2F)C1. The molecular formula is C25H31FN2O4. The molecule has 0 spiro atoms. The smallest absolute Gasteiger partial charge is 0.410 e. The van der Waals surface area contributed by atoms with Gasteiger partial charge in [-0.1, -0.05) is 48.5 Å². The quantitative estimate of drug-likeness (QED) is 0.624. The van der Waals surface area contributed by atoms with Crippen molar-refractivity contribution in [1.29, 1.82) is 0 Å². The molecule has 1 unspecified atom stereocenters. The summed E-state index contributed by atoms with van der Waals surface area (Å²) >= 11 is 0. The fourth-order valence-corrected chi connectivity index (χ4v) is 3.84. The highest BCUT2D eigenvalue weighted by Gasteiger charge is 2.38. The first-order valence-electron chi connectivity index (χ1n) is 10.8. The first-order valence-corrected chi connectivity index (χ1v) is 10.8. The van der Waals surface area contributed by atoms with Crippen LogP contribution in [0.25, 0.3) is 0 Å². The molecule has 2 amide bonds. The molecule has 2 aromatic carbocycles. The number of hydrogen-bond donors (Lipinski definition) is 0. The normalized spacial score (nSPS) is 18.7. The number of halogens is 1. The molecule has 1 heterocycles. The average Bonchev–Trinajstić information content (AvgIpc) is 2.76. The standard InChI is InChI=1S/C25H31FN2O4/c1-25(2,3)32-23(29)27(4)19-14-15-28(22(16-19)20-12-8-9-13-21(20)26)24(30)31-17-18-10-6-5-7-11-18/h5-13,19,22H,14-17H2,1-4H3/t19?,22-/m1/s1. The summed E-state index contributed by atoms with van der Waals surface area (Å²) in [6.45, 7) is 5.91. The molecule has 1 aliphatic rings. The number of hydrogen-bond acceptors (Lipinski definition) is 4. The molecule has 172 valence electrons. The van der Waals surface area contributed by atoms with E-state index in [1.807, 2.05) is 51.1 Å². The van der Waals surface area contributed by atoms with E-state index in [-0.39, 0.29) is 18.5 Å². The van der Waals surface area contributed by atoms with E-state index in [2.05, 4.69) is 0 Å². The molecule has 3 rings (SSSR count). The number of rotatable bonds is 4. The van der Waals surface area contributed by atoms with Crippen LogP contribution in [0.2, 0.25) is 0 Å². The largest absolute Gasteiger partial charge is 0.445 e. The second-order valence-corrected chi connectivity index (χ2v) is 9.04. The van der Waals surface area contributed by atoms with Crippen molar-refractivity contribution in [2.24, 2.45) is 0 Å². The van der Waals surface area contributed by atoms with Gasteiger partial charge in [-0.15, -0.1) is 0 Å². The van der Waals surface area contributed by atoms with Gasteiger partial charge < -0.3 is 19.3 Å². The number of carbonyl (C=O) groups excluding carboxylic acids is 2. The number of likely N-dealkylation sites (tertiary alicyclic amines) is 1. The molecule has 1 aliphatic heterocycles. The molecule has 0 N–H and O–H groups in total. The number of benzene rings is 2. The Kier molecular flexibility index (Phi) is 7.38. The molecule has 1 saturated heterocycles. The summed E-state index contributed by atoms with van der Waals surface area (Å²) in [4.78, 5) is 28.6. The molecule has 1 fully saturated rings. The lowest BCUT2D eigenvalue weighted by Crippen LogP contribution is -2.50. The second kappa shape index (κ2) is 10.0. The van der Waals surface area contributed by atoms with Crippen molar-refractivity contribution in [3.05, 3.63) is 71.5 Å². The van der Waals surface area contributed by atoms with E-state index in [0.717, 1.165) is 5.56 Å². The predicted octanol–water partition coefficient (Wildman–Crippen LogP) is 5.53. The van der Waals surface area contributed by atoms with Gasteiger partial charge in [0.05, 0.1) is 6.04 Å². The number of piperidine rings is 1. The van der Waals surface area contributed by atoms with E-state index < -0.39 is 23.8 Å². The van der Waals surface area contributed by atoms with E-state index in [0.29, 0.717) is 24.9 Å². The van der Waals surface area contributed by atoms with Crippen molar-refractivity contribution in [3.8, 4) is 0 Å². The Morgan fingerprint density at radius 1 is 1.09 bits per heavy atom. The average molecular weight is 443 g/mol. The van der Waals surface area contributed by atoms with Crippen LogP contribution in [0.5, 0.6) is 0 Å². The molecule has 0 aliphatic carbocycles. The first-order chi connectivity index (χ1) is 15.2. The molecule has 0 aromatic heterocycles. The molecule has 0 radical (unpaired) electrons. The summed E-state index contributed by atoms with van der Waals surface area (Å²) in [5.41, 5.74) is 0.674. The number of nitrogens with zero attached hydrogens (tertiary/aromatic N) is 2. The van der Waals surface area contributed by atoms with Crippen molar-refractivity contribution in [2.75, 3.05) is 13.6 Å². The summed E-state index contributed by atoms with van der Waals surface area (Å²) in [6.07, 6.45) is -0.00603. The van der Waals surface area contributed by atoms with Gasteiger partial charge >= 0.3 is 12.2 Å². The maximum atomic E-state index is 14.7. The Balaban J connectivity index is 1.77. The van der Waals surface area contributed by atoms with Crippen molar-refractivity contribution in [1.82, 2.24) is 9.80 Å². The van der Waals surface area contributed by atoms with Crippen LogP contribution in [0, 0.1) is 5.82 Å². The zero-order valence-electron chi connectivity index (χ0n) is 19.1. The minimum Gasteiger partial charge on any atom is -0.445 e. The highest BCUT2D eigenvalue weighted by Crippen LogP contribution is 2.35. The van der Waals surface area contributed by atoms with E-state index in [9.17, 15) is 14.0 Å². The third kappa shape index (κ3) is 5.99. The molecular weight excluding hydrogens is 411 g/mol. The van der Waals surface area contributed by atoms with Crippen LogP contribution in [0.15, 0.2) is 54.6 Å². The van der Waals surface area contributed by atoms with Gasteiger partial charge in [0.2, 0.25) is 0 Å². The highest BCUT2D eigenvalue weighted by molar-refractivity contribution is 5.70. The second-order valence-electron chi connectivity index (χ2n) is 9.04. The maximum Gasteiger partial charge on any atom is 0.410 e. The number of amides is 2. The van der Waals surface area contributed by atoms with Gasteiger partial charge in [-0.25, -0.2) is 14.0 Å². The van der Waals surface area contributed by atoms with Gasteiger partial charge in [-0.2, -0.15) is 0 Å². The molecule has 2 aromatic rings. The monoisotopic (exact) mass is 442 g/mol. The van der Waals surface area contributed by atoms with Gasteiger partial charge in [-0.05, 0) is 45.2 Å². The number of ether oxygens (including phenoxy) is 2. The van der Waals surface area contributed by atoms with Crippen molar-refractivity contribution in [3.63, 3.8) is 0 Å². The third-order valence-corrected chi connectivity index (χ3v) is 5.51. The minimum atomic E-state index is -0.613. The van der Waals surface area contributed by atoms with Crippen LogP contribution in [-0.4, -0.2) is 47.2 Å². The Hall–Kier alpha value is -3.09. The maximum absolute atomic E-state index is 14.7. The fraction of sp³-hybridized carbons (Fsp3) is 0.440. The molecule has 0 saturated carbocycles. The van der Waals surface area contributed by atoms with Crippen LogP contribution in [0.3, 0.4) is 0 Å². The molecule has 0 bridgehead atoms. The molecule has 7 heteroatoms. The Bertz CT molecular complexity index is 929. The van der Waals surface area contributed by atoms with Crippen molar-refractivity contribution in [2.45, 2.75) is 57.9 Å². The van der Waals surface area contributed by atoms with Crippen molar-refractivity contribution >= 4 is 12.2 Å². The van der Waals surface area contributed by atoms with E-state index in [4.69, 9.17) is 9.47 Å². The predicted molar refractivity (Wildman–Crippen MR) is 119 cm³/mol. The minimum absolute atomic E-state index is 0.140. The van der Waals surface area contributed by atoms with Gasteiger partial charge in [0.15, 0.2) is 0 Å². The number of carbonyl (C=O) groups is 2. The van der Waals surface area contributed by atoms with Gasteiger partial charge in [0.25, 0.3) is 0 Å². The first kappa shape index (κ1) is 23.6. The molecule has 2 atom stereocenters. The lowest BCUT2D eigenvalue weighted by atomic mass is 9.91. The van der Waals surface area contributed by atoms with Crippen LogP contribution in [0.4, 0.5) is 14.0 Å². The Labute approximate surface area is 188 Å². The van der Waals surface area contributed by atoms with Crippen molar-refractivity contribution < 1.29 is 23.5 Å². The van der Waals surface area contributed by atoms with E-state index in [1.54, 1.807) is 35.0 Å². The van der Waals surface area contributed by atoms with Gasteiger partial charge in [0.1, 0.15) is 18.0 Å². The van der Waals surface area contributed by atoms with Crippen LogP contribution >= 0.6 is 0 Å². The van der Waals surface area contributed by atoms with Crippen LogP contribution in [-0.2, 0) is 16.1 Å². The summed E-state index contributed by atoms with van der Waals surface area (Å²) in [5.74, 6) is -0.390. The van der Waals surface area contributed by atoms with Gasteiger partial charge in [0, 0.05) is 25.2 Å². The Morgan fingerprint density at radius 3 is 2.41 bits per heavy atom. The van der Waals surface area contributed by atoms with E-state index >= 15 is 0 Å². The van der Waals surface area contributed by atoms with E-state index in [1.165, 1.54) is 6.07 Å². The zero-order chi connectivity index (χ0) is 23.3. The van der Waals surface area contributed by atoms with Crippen LogP contribution < -0.4 is 0 Å². The lowest BCUT2D eigenvalue weighted by Gasteiger charge is -2.42.